The van der Waals surface area contributed by atoms with Gasteiger partial charge >= 0.3 is 0 Å². The van der Waals surface area contributed by atoms with Crippen LogP contribution in [0.25, 0.3) is 0 Å². The van der Waals surface area contributed by atoms with Crippen LogP contribution in [-0.2, 0) is 9.59 Å². The summed E-state index contributed by atoms with van der Waals surface area (Å²) < 4.78 is 11.2. The molecule has 3 rings (SSSR count). The van der Waals surface area contributed by atoms with Crippen molar-refractivity contribution < 1.29 is 24.2 Å². The molecule has 1 saturated heterocycles. The molecule has 30 heavy (non-hydrogen) atoms. The van der Waals surface area contributed by atoms with Gasteiger partial charge in [0.1, 0.15) is 0 Å². The van der Waals surface area contributed by atoms with Crippen LogP contribution in [0.3, 0.4) is 0 Å². The predicted octanol–water partition coefficient (Wildman–Crippen LogP) is 3.25. The number of ketones is 1. The van der Waals surface area contributed by atoms with Crippen molar-refractivity contribution in [1.82, 2.24) is 9.80 Å². The van der Waals surface area contributed by atoms with Crippen molar-refractivity contribution in [2.45, 2.75) is 45.6 Å². The number of carbonyl (C=O) groups is 2. The van der Waals surface area contributed by atoms with Gasteiger partial charge < -0.3 is 24.4 Å². The summed E-state index contributed by atoms with van der Waals surface area (Å²) in [6, 6.07) is 4.79. The number of likely N-dealkylation sites (tertiary alicyclic amines) is 1. The molecule has 0 aliphatic carbocycles. The number of rotatable bonds is 9. The van der Waals surface area contributed by atoms with E-state index in [-0.39, 0.29) is 11.4 Å². The highest BCUT2D eigenvalue weighted by Gasteiger charge is 2.42. The van der Waals surface area contributed by atoms with E-state index in [1.165, 1.54) is 13.3 Å². The average molecular weight is 417 g/mol. The van der Waals surface area contributed by atoms with Gasteiger partial charge in [0.25, 0.3) is 5.91 Å². The maximum atomic E-state index is 12.8. The minimum absolute atomic E-state index is 0.142. The number of carbonyl (C=O) groups excluding carboxylic acids is 2. The molecule has 0 bridgehead atoms. The molecule has 2 heterocycles. The zero-order valence-corrected chi connectivity index (χ0v) is 18.1. The molecule has 7 heteroatoms. The molecule has 0 radical (unpaired) electrons. The Morgan fingerprint density at radius 3 is 2.53 bits per heavy atom. The lowest BCUT2D eigenvalue weighted by Gasteiger charge is -2.31. The van der Waals surface area contributed by atoms with Gasteiger partial charge in [-0.05, 0) is 57.0 Å². The Labute approximate surface area is 178 Å². The molecule has 0 saturated carbocycles. The van der Waals surface area contributed by atoms with Crippen LogP contribution in [0, 0.1) is 0 Å². The lowest BCUT2D eigenvalue weighted by molar-refractivity contribution is -0.129. The molecule has 1 N–H and O–H groups in total. The number of hydrogen-bond donors (Lipinski definition) is 1. The molecular weight excluding hydrogens is 384 g/mol. The number of aliphatic hydroxyl groups excluding tert-OH is 1. The van der Waals surface area contributed by atoms with E-state index in [1.807, 2.05) is 13.0 Å². The van der Waals surface area contributed by atoms with Crippen LogP contribution in [0.4, 0.5) is 0 Å². The molecule has 1 unspecified atom stereocenters. The molecule has 2 aliphatic rings. The lowest BCUT2D eigenvalue weighted by atomic mass is 9.96. The zero-order chi connectivity index (χ0) is 21.7. The highest BCUT2D eigenvalue weighted by Crippen LogP contribution is 2.40. The van der Waals surface area contributed by atoms with E-state index in [4.69, 9.17) is 9.47 Å². The monoisotopic (exact) mass is 416 g/mol. The summed E-state index contributed by atoms with van der Waals surface area (Å²) in [6.07, 6.45) is 4.44. The van der Waals surface area contributed by atoms with E-state index < -0.39 is 17.7 Å². The minimum atomic E-state index is -0.631. The average Bonchev–Trinajstić information content (AvgIpc) is 3.01. The largest absolute Gasteiger partial charge is 0.503 e. The Bertz CT molecular complexity index is 814. The number of benzene rings is 1. The molecule has 164 valence electrons. The second kappa shape index (κ2) is 9.98. The fourth-order valence-electron chi connectivity index (χ4n) is 4.21. The molecule has 7 nitrogen and oxygen atoms in total. The standard InChI is InChI=1S/C23H32N2O5/c1-4-14-30-18-9-8-17(15-19(18)29-3)21-20(16(2)26)22(27)23(28)25(21)13-12-24-10-6-5-7-11-24/h8-9,15,21,27H,4-7,10-14H2,1-3H3. The van der Waals surface area contributed by atoms with Crippen LogP contribution >= 0.6 is 0 Å². The third-order valence-corrected chi connectivity index (χ3v) is 5.75. The van der Waals surface area contributed by atoms with E-state index in [0.29, 0.717) is 24.7 Å². The van der Waals surface area contributed by atoms with E-state index >= 15 is 0 Å². The minimum Gasteiger partial charge on any atom is -0.503 e. The number of nitrogens with zero attached hydrogens (tertiary/aromatic N) is 2. The van der Waals surface area contributed by atoms with Crippen molar-refractivity contribution >= 4 is 11.7 Å². The van der Waals surface area contributed by atoms with Crippen molar-refractivity contribution in [3.05, 3.63) is 35.1 Å². The molecule has 0 spiro atoms. The normalized spacial score (nSPS) is 20.0. The van der Waals surface area contributed by atoms with Crippen LogP contribution in [-0.4, -0.2) is 66.5 Å². The van der Waals surface area contributed by atoms with E-state index in [9.17, 15) is 14.7 Å². The quantitative estimate of drug-likeness (QED) is 0.666. The van der Waals surface area contributed by atoms with Gasteiger partial charge in [0, 0.05) is 13.1 Å². The first kappa shape index (κ1) is 22.2. The number of hydrogen-bond acceptors (Lipinski definition) is 6. The first-order valence-corrected chi connectivity index (χ1v) is 10.8. The Hall–Kier alpha value is -2.54. The first-order valence-electron chi connectivity index (χ1n) is 10.8. The van der Waals surface area contributed by atoms with Gasteiger partial charge in [0.2, 0.25) is 0 Å². The third-order valence-electron chi connectivity index (χ3n) is 5.75. The molecular formula is C23H32N2O5. The van der Waals surface area contributed by atoms with Gasteiger partial charge in [0.05, 0.1) is 25.3 Å². The summed E-state index contributed by atoms with van der Waals surface area (Å²) in [5.41, 5.74) is 0.861. The molecule has 1 aromatic carbocycles. The third kappa shape index (κ3) is 4.61. The number of ether oxygens (including phenoxy) is 2. The lowest BCUT2D eigenvalue weighted by Crippen LogP contribution is -2.40. The van der Waals surface area contributed by atoms with Crippen molar-refractivity contribution in [3.8, 4) is 11.5 Å². The SMILES string of the molecule is CCCOc1ccc(C2C(C(C)=O)=C(O)C(=O)N2CCN2CCCCC2)cc1OC. The molecule has 1 atom stereocenters. The maximum absolute atomic E-state index is 12.8. The van der Waals surface area contributed by atoms with Crippen LogP contribution in [0.5, 0.6) is 11.5 Å². The highest BCUT2D eigenvalue weighted by molar-refractivity contribution is 6.08. The van der Waals surface area contributed by atoms with Crippen molar-refractivity contribution in [1.29, 1.82) is 0 Å². The zero-order valence-electron chi connectivity index (χ0n) is 18.1. The number of Topliss-reactive ketones (excluding diaryl/α,β-unsaturated/α-hetero) is 1. The Morgan fingerprint density at radius 2 is 1.90 bits per heavy atom. The van der Waals surface area contributed by atoms with Crippen molar-refractivity contribution in [3.63, 3.8) is 0 Å². The van der Waals surface area contributed by atoms with Gasteiger partial charge in [-0.1, -0.05) is 19.4 Å². The summed E-state index contributed by atoms with van der Waals surface area (Å²) in [5, 5.41) is 10.5. The maximum Gasteiger partial charge on any atom is 0.290 e. The first-order chi connectivity index (χ1) is 14.5. The fourth-order valence-corrected chi connectivity index (χ4v) is 4.21. The fraction of sp³-hybridized carbons (Fsp3) is 0.565. The van der Waals surface area contributed by atoms with Crippen LogP contribution in [0.2, 0.25) is 0 Å². The molecule has 1 fully saturated rings. The molecule has 1 aromatic rings. The van der Waals surface area contributed by atoms with Crippen molar-refractivity contribution in [2.24, 2.45) is 0 Å². The number of amides is 1. The Balaban J connectivity index is 1.90. The molecule has 0 aromatic heterocycles. The van der Waals surface area contributed by atoms with Gasteiger partial charge in [0.15, 0.2) is 23.0 Å². The Kier molecular flexibility index (Phi) is 7.37. The smallest absolute Gasteiger partial charge is 0.290 e. The van der Waals surface area contributed by atoms with E-state index in [0.717, 1.165) is 44.5 Å². The van der Waals surface area contributed by atoms with Gasteiger partial charge in [-0.15, -0.1) is 0 Å². The molecule has 1 amide bonds. The van der Waals surface area contributed by atoms with Gasteiger partial charge in [-0.2, -0.15) is 0 Å². The second-order valence-corrected chi connectivity index (χ2v) is 7.88. The van der Waals surface area contributed by atoms with Gasteiger partial charge in [-0.25, -0.2) is 0 Å². The summed E-state index contributed by atoms with van der Waals surface area (Å²) in [5.74, 6) is -0.0935. The number of aliphatic hydroxyl groups is 1. The van der Waals surface area contributed by atoms with Crippen LogP contribution < -0.4 is 9.47 Å². The number of piperidine rings is 1. The van der Waals surface area contributed by atoms with Gasteiger partial charge in [-0.3, -0.25) is 9.59 Å². The highest BCUT2D eigenvalue weighted by atomic mass is 16.5. The van der Waals surface area contributed by atoms with Crippen molar-refractivity contribution in [2.75, 3.05) is 39.9 Å². The number of methoxy groups -OCH3 is 1. The van der Waals surface area contributed by atoms with E-state index in [1.54, 1.807) is 24.1 Å². The van der Waals surface area contributed by atoms with Crippen LogP contribution in [0.15, 0.2) is 29.5 Å². The summed E-state index contributed by atoms with van der Waals surface area (Å²) in [7, 11) is 1.56. The second-order valence-electron chi connectivity index (χ2n) is 7.88. The van der Waals surface area contributed by atoms with E-state index in [2.05, 4.69) is 4.90 Å². The Morgan fingerprint density at radius 1 is 1.17 bits per heavy atom. The summed E-state index contributed by atoms with van der Waals surface area (Å²) >= 11 is 0. The summed E-state index contributed by atoms with van der Waals surface area (Å²) in [6.45, 7) is 7.18. The predicted molar refractivity (Wildman–Crippen MR) is 114 cm³/mol. The summed E-state index contributed by atoms with van der Waals surface area (Å²) in [4.78, 5) is 29.1. The molecule has 2 aliphatic heterocycles. The van der Waals surface area contributed by atoms with Crippen LogP contribution in [0.1, 0.15) is 51.1 Å². The topological polar surface area (TPSA) is 79.3 Å².